The number of nitrogens with one attached hydrogen (secondary N) is 1. The number of hydrogen-bond acceptors (Lipinski definition) is 3. The maximum Gasteiger partial charge on any atom is 0.227 e. The number of piperidine rings is 1. The van der Waals surface area contributed by atoms with E-state index in [0.29, 0.717) is 25.9 Å². The maximum absolute atomic E-state index is 12.8. The lowest BCUT2D eigenvalue weighted by Crippen LogP contribution is -2.40. The van der Waals surface area contributed by atoms with Crippen LogP contribution >= 0.6 is 0 Å². The highest BCUT2D eigenvalue weighted by Crippen LogP contribution is 2.28. The quantitative estimate of drug-likeness (QED) is 0.778. The topological polar surface area (TPSA) is 66.7 Å². The average molecular weight is 362 g/mol. The summed E-state index contributed by atoms with van der Waals surface area (Å²) in [6.07, 6.45) is 5.31. The van der Waals surface area contributed by atoms with Crippen molar-refractivity contribution in [1.82, 2.24) is 14.3 Å². The van der Waals surface area contributed by atoms with E-state index in [4.69, 9.17) is 0 Å². The molecule has 1 N–H and O–H groups in total. The number of para-hydroxylation sites is 1. The summed E-state index contributed by atoms with van der Waals surface area (Å²) in [5.74, 6) is 0.00944. The summed E-state index contributed by atoms with van der Waals surface area (Å²) >= 11 is 0. The Morgan fingerprint density at radius 3 is 2.56 bits per heavy atom. The molecule has 0 atom stereocenters. The molecule has 6 heteroatoms. The molecular formula is C21H22N4O2. The third-order valence-electron chi connectivity index (χ3n) is 5.14. The monoisotopic (exact) mass is 362 g/mol. The van der Waals surface area contributed by atoms with Crippen LogP contribution in [0, 0.1) is 5.92 Å². The predicted molar refractivity (Wildman–Crippen MR) is 104 cm³/mol. The maximum atomic E-state index is 12.8. The highest BCUT2D eigenvalue weighted by molar-refractivity contribution is 5.96. The fourth-order valence-electron chi connectivity index (χ4n) is 3.57. The minimum absolute atomic E-state index is 0.00872. The summed E-state index contributed by atoms with van der Waals surface area (Å²) in [7, 11) is 0. The minimum atomic E-state index is -0.0743. The van der Waals surface area contributed by atoms with E-state index in [1.54, 1.807) is 11.8 Å². The van der Waals surface area contributed by atoms with E-state index in [1.165, 1.54) is 0 Å². The number of anilines is 1. The average Bonchev–Trinajstić information content (AvgIpc) is 3.12. The van der Waals surface area contributed by atoms with Crippen LogP contribution in [0.4, 0.5) is 5.69 Å². The second kappa shape index (κ2) is 7.23. The minimum Gasteiger partial charge on any atom is -0.343 e. The molecule has 1 aliphatic heterocycles. The van der Waals surface area contributed by atoms with Crippen molar-refractivity contribution in [2.75, 3.05) is 18.4 Å². The normalized spacial score (nSPS) is 15.1. The summed E-state index contributed by atoms with van der Waals surface area (Å²) in [5.41, 5.74) is 3.35. The molecule has 0 bridgehead atoms. The number of carbonyl (C=O) groups is 2. The zero-order valence-electron chi connectivity index (χ0n) is 15.3. The van der Waals surface area contributed by atoms with E-state index in [1.807, 2.05) is 59.3 Å². The molecule has 0 saturated carbocycles. The molecule has 1 aromatic carbocycles. The molecule has 1 fully saturated rings. The SMILES string of the molecule is CC(=O)N1CCC(C(=O)Nc2ccccc2-c2cn3ccccc3n2)CC1. The smallest absolute Gasteiger partial charge is 0.227 e. The van der Waals surface area contributed by atoms with Gasteiger partial charge in [-0.3, -0.25) is 9.59 Å². The fraction of sp³-hybridized carbons (Fsp3) is 0.286. The molecule has 6 nitrogen and oxygen atoms in total. The van der Waals surface area contributed by atoms with Gasteiger partial charge in [-0.05, 0) is 31.0 Å². The summed E-state index contributed by atoms with van der Waals surface area (Å²) in [5, 5.41) is 3.08. The summed E-state index contributed by atoms with van der Waals surface area (Å²) in [6, 6.07) is 13.6. The van der Waals surface area contributed by atoms with Crippen LogP contribution in [0.15, 0.2) is 54.9 Å². The molecule has 2 amide bonds. The Morgan fingerprint density at radius 2 is 1.81 bits per heavy atom. The first kappa shape index (κ1) is 17.3. The van der Waals surface area contributed by atoms with Gasteiger partial charge in [0.1, 0.15) is 5.65 Å². The Labute approximate surface area is 157 Å². The Bertz CT molecular complexity index is 954. The molecule has 0 radical (unpaired) electrons. The van der Waals surface area contributed by atoms with Crippen LogP contribution < -0.4 is 5.32 Å². The van der Waals surface area contributed by atoms with Crippen LogP contribution in [0.5, 0.6) is 0 Å². The Morgan fingerprint density at radius 1 is 1.07 bits per heavy atom. The van der Waals surface area contributed by atoms with Gasteiger partial charge in [0.05, 0.1) is 11.4 Å². The van der Waals surface area contributed by atoms with Gasteiger partial charge in [0.2, 0.25) is 11.8 Å². The number of imidazole rings is 1. The first-order valence-electron chi connectivity index (χ1n) is 9.21. The summed E-state index contributed by atoms with van der Waals surface area (Å²) in [4.78, 5) is 30.7. The van der Waals surface area contributed by atoms with Crippen molar-refractivity contribution in [1.29, 1.82) is 0 Å². The molecule has 4 rings (SSSR count). The zero-order valence-corrected chi connectivity index (χ0v) is 15.3. The predicted octanol–water partition coefficient (Wildman–Crippen LogP) is 3.20. The largest absolute Gasteiger partial charge is 0.343 e. The van der Waals surface area contributed by atoms with Gasteiger partial charge in [-0.2, -0.15) is 0 Å². The number of carbonyl (C=O) groups excluding carboxylic acids is 2. The highest BCUT2D eigenvalue weighted by Gasteiger charge is 2.26. The van der Waals surface area contributed by atoms with Crippen LogP contribution in [0.1, 0.15) is 19.8 Å². The molecule has 3 aromatic rings. The lowest BCUT2D eigenvalue weighted by Gasteiger charge is -2.30. The lowest BCUT2D eigenvalue weighted by molar-refractivity contribution is -0.132. The number of amides is 2. The number of likely N-dealkylation sites (tertiary alicyclic amines) is 1. The second-order valence-electron chi connectivity index (χ2n) is 6.91. The van der Waals surface area contributed by atoms with Gasteiger partial charge >= 0.3 is 0 Å². The van der Waals surface area contributed by atoms with E-state index in [2.05, 4.69) is 10.3 Å². The van der Waals surface area contributed by atoms with Crippen LogP contribution in [0.3, 0.4) is 0 Å². The molecule has 0 aliphatic carbocycles. The van der Waals surface area contributed by atoms with Gasteiger partial charge in [0.25, 0.3) is 0 Å². The van der Waals surface area contributed by atoms with Gasteiger partial charge in [-0.1, -0.05) is 24.3 Å². The van der Waals surface area contributed by atoms with Gasteiger partial charge in [0, 0.05) is 43.9 Å². The van der Waals surface area contributed by atoms with Gasteiger partial charge in [-0.25, -0.2) is 4.98 Å². The second-order valence-corrected chi connectivity index (χ2v) is 6.91. The van der Waals surface area contributed by atoms with Crippen molar-refractivity contribution in [3.8, 4) is 11.3 Å². The third-order valence-corrected chi connectivity index (χ3v) is 5.14. The number of fused-ring (bicyclic) bond motifs is 1. The molecule has 27 heavy (non-hydrogen) atoms. The van der Waals surface area contributed by atoms with Crippen molar-refractivity contribution in [3.63, 3.8) is 0 Å². The summed E-state index contributed by atoms with van der Waals surface area (Å²) < 4.78 is 1.96. The number of nitrogens with zero attached hydrogens (tertiary/aromatic N) is 3. The van der Waals surface area contributed by atoms with E-state index in [-0.39, 0.29) is 17.7 Å². The zero-order chi connectivity index (χ0) is 18.8. The Kier molecular flexibility index (Phi) is 4.62. The summed E-state index contributed by atoms with van der Waals surface area (Å²) in [6.45, 7) is 2.86. The number of aromatic nitrogens is 2. The van der Waals surface area contributed by atoms with Crippen molar-refractivity contribution in [2.24, 2.45) is 5.92 Å². The number of hydrogen-bond donors (Lipinski definition) is 1. The third kappa shape index (κ3) is 3.56. The Balaban J connectivity index is 1.53. The van der Waals surface area contributed by atoms with E-state index in [0.717, 1.165) is 22.6 Å². The van der Waals surface area contributed by atoms with Crippen molar-refractivity contribution in [2.45, 2.75) is 19.8 Å². The van der Waals surface area contributed by atoms with Crippen LogP contribution in [-0.4, -0.2) is 39.2 Å². The highest BCUT2D eigenvalue weighted by atomic mass is 16.2. The van der Waals surface area contributed by atoms with Crippen molar-refractivity contribution >= 4 is 23.1 Å². The molecule has 0 unspecified atom stereocenters. The standard InChI is InChI=1S/C21H22N4O2/c1-15(26)24-12-9-16(10-13-24)21(27)23-18-7-3-2-6-17(18)19-14-25-11-5-4-8-20(25)22-19/h2-8,11,14,16H,9-10,12-13H2,1H3,(H,23,27). The number of benzene rings is 1. The van der Waals surface area contributed by atoms with Crippen LogP contribution in [0.2, 0.25) is 0 Å². The molecule has 0 spiro atoms. The van der Waals surface area contributed by atoms with Crippen molar-refractivity contribution < 1.29 is 9.59 Å². The van der Waals surface area contributed by atoms with Crippen LogP contribution in [-0.2, 0) is 9.59 Å². The fourth-order valence-corrected chi connectivity index (χ4v) is 3.57. The first-order valence-corrected chi connectivity index (χ1v) is 9.21. The molecule has 1 aliphatic rings. The molecule has 3 heterocycles. The lowest BCUT2D eigenvalue weighted by atomic mass is 9.95. The molecule has 138 valence electrons. The van der Waals surface area contributed by atoms with Crippen LogP contribution in [0.25, 0.3) is 16.9 Å². The number of pyridine rings is 1. The Hall–Kier alpha value is -3.15. The number of rotatable bonds is 3. The van der Waals surface area contributed by atoms with Crippen molar-refractivity contribution in [3.05, 3.63) is 54.9 Å². The van der Waals surface area contributed by atoms with Gasteiger partial charge in [0.15, 0.2) is 0 Å². The first-order chi connectivity index (χ1) is 13.1. The van der Waals surface area contributed by atoms with Gasteiger partial charge in [-0.15, -0.1) is 0 Å². The van der Waals surface area contributed by atoms with E-state index in [9.17, 15) is 9.59 Å². The molecule has 2 aromatic heterocycles. The van der Waals surface area contributed by atoms with E-state index >= 15 is 0 Å². The van der Waals surface area contributed by atoms with E-state index < -0.39 is 0 Å². The molecule has 1 saturated heterocycles. The van der Waals surface area contributed by atoms with Gasteiger partial charge < -0.3 is 14.6 Å². The molecular weight excluding hydrogens is 340 g/mol.